The minimum absolute atomic E-state index is 0.366. The Labute approximate surface area is 111 Å². The van der Waals surface area contributed by atoms with Crippen LogP contribution < -0.4 is 0 Å². The van der Waals surface area contributed by atoms with Gasteiger partial charge in [0, 0.05) is 0 Å². The van der Waals surface area contributed by atoms with Crippen LogP contribution >= 0.6 is 0 Å². The molecule has 2 aliphatic rings. The van der Waals surface area contributed by atoms with Crippen LogP contribution in [0.15, 0.2) is 0 Å². The van der Waals surface area contributed by atoms with Crippen molar-refractivity contribution in [2.75, 3.05) is 0 Å². The highest BCUT2D eigenvalue weighted by Crippen LogP contribution is 2.48. The molecule has 2 saturated carbocycles. The van der Waals surface area contributed by atoms with Crippen LogP contribution in [0.3, 0.4) is 0 Å². The highest BCUT2D eigenvalue weighted by atomic mass is 16.4. The van der Waals surface area contributed by atoms with Crippen molar-refractivity contribution >= 4 is 5.97 Å². The number of hydrogen-bond acceptors (Lipinski definition) is 1. The average molecular weight is 252 g/mol. The summed E-state index contributed by atoms with van der Waals surface area (Å²) in [6.45, 7) is 2.27. The second-order valence-electron chi connectivity index (χ2n) is 6.50. The van der Waals surface area contributed by atoms with Gasteiger partial charge in [0.1, 0.15) is 0 Å². The fraction of sp³-hybridized carbons (Fsp3) is 0.938. The normalized spacial score (nSPS) is 32.7. The van der Waals surface area contributed by atoms with Crippen molar-refractivity contribution in [2.24, 2.45) is 17.3 Å². The lowest BCUT2D eigenvalue weighted by Crippen LogP contribution is -2.40. The molecule has 0 saturated heterocycles. The predicted molar refractivity (Wildman–Crippen MR) is 73.5 cm³/mol. The van der Waals surface area contributed by atoms with Gasteiger partial charge in [0.25, 0.3) is 0 Å². The second kappa shape index (κ2) is 6.08. The summed E-state index contributed by atoms with van der Waals surface area (Å²) in [4.78, 5) is 11.9. The number of aliphatic carboxylic acids is 1. The van der Waals surface area contributed by atoms with Crippen molar-refractivity contribution in [3.05, 3.63) is 0 Å². The summed E-state index contributed by atoms with van der Waals surface area (Å²) < 4.78 is 0. The van der Waals surface area contributed by atoms with Gasteiger partial charge in [0.15, 0.2) is 0 Å². The fourth-order valence-electron chi connectivity index (χ4n) is 4.28. The maximum absolute atomic E-state index is 11.9. The zero-order valence-corrected chi connectivity index (χ0v) is 11.8. The van der Waals surface area contributed by atoms with Crippen LogP contribution in [0.4, 0.5) is 0 Å². The van der Waals surface area contributed by atoms with Crippen molar-refractivity contribution < 1.29 is 9.90 Å². The van der Waals surface area contributed by atoms with Crippen LogP contribution in [0.25, 0.3) is 0 Å². The minimum Gasteiger partial charge on any atom is -0.481 e. The lowest BCUT2D eigenvalue weighted by molar-refractivity contribution is -0.155. The molecule has 1 N–H and O–H groups in total. The smallest absolute Gasteiger partial charge is 0.309 e. The van der Waals surface area contributed by atoms with E-state index < -0.39 is 5.97 Å². The second-order valence-corrected chi connectivity index (χ2v) is 6.50. The molecule has 2 nitrogen and oxygen atoms in total. The summed E-state index contributed by atoms with van der Waals surface area (Å²) in [5, 5.41) is 9.79. The highest BCUT2D eigenvalue weighted by Gasteiger charge is 2.46. The van der Waals surface area contributed by atoms with Gasteiger partial charge in [-0.2, -0.15) is 0 Å². The Morgan fingerprint density at radius 2 is 1.61 bits per heavy atom. The zero-order chi connectivity index (χ0) is 13.0. The molecular weight excluding hydrogens is 224 g/mol. The summed E-state index contributed by atoms with van der Waals surface area (Å²) in [6, 6.07) is 0. The predicted octanol–water partition coefficient (Wildman–Crippen LogP) is 4.63. The standard InChI is InChI=1S/C16H28O2/c1-2-13-7-9-14(10-8-13)16(15(17)18)11-5-3-4-6-12-16/h13-14H,2-12H2,1H3,(H,17,18). The van der Waals surface area contributed by atoms with E-state index in [4.69, 9.17) is 0 Å². The molecule has 2 heteroatoms. The van der Waals surface area contributed by atoms with Crippen molar-refractivity contribution in [2.45, 2.75) is 77.6 Å². The third-order valence-corrected chi connectivity index (χ3v) is 5.63. The third-order valence-electron chi connectivity index (χ3n) is 5.63. The van der Waals surface area contributed by atoms with Crippen molar-refractivity contribution in [3.63, 3.8) is 0 Å². The number of rotatable bonds is 3. The summed E-state index contributed by atoms with van der Waals surface area (Å²) in [7, 11) is 0. The van der Waals surface area contributed by atoms with Crippen LogP contribution in [0.2, 0.25) is 0 Å². The Balaban J connectivity index is 2.07. The van der Waals surface area contributed by atoms with Crippen LogP contribution in [0.1, 0.15) is 77.6 Å². The van der Waals surface area contributed by atoms with E-state index in [1.54, 1.807) is 0 Å². The van der Waals surface area contributed by atoms with Gasteiger partial charge in [-0.25, -0.2) is 0 Å². The first-order valence-electron chi connectivity index (χ1n) is 7.92. The Morgan fingerprint density at radius 3 is 2.06 bits per heavy atom. The van der Waals surface area contributed by atoms with E-state index in [0.717, 1.165) is 44.4 Å². The minimum atomic E-state index is -0.496. The molecule has 0 atom stereocenters. The number of carboxylic acids is 1. The Morgan fingerprint density at radius 1 is 1.06 bits per heavy atom. The van der Waals surface area contributed by atoms with Gasteiger partial charge < -0.3 is 5.11 Å². The summed E-state index contributed by atoms with van der Waals surface area (Å²) >= 11 is 0. The molecule has 104 valence electrons. The van der Waals surface area contributed by atoms with E-state index >= 15 is 0 Å². The average Bonchev–Trinajstić information content (AvgIpc) is 2.65. The zero-order valence-electron chi connectivity index (χ0n) is 11.8. The number of carbonyl (C=O) groups is 1. The van der Waals surface area contributed by atoms with E-state index in [0.29, 0.717) is 5.92 Å². The summed E-state index contributed by atoms with van der Waals surface area (Å²) in [5.74, 6) is 0.818. The van der Waals surface area contributed by atoms with Crippen molar-refractivity contribution in [1.29, 1.82) is 0 Å². The van der Waals surface area contributed by atoms with E-state index in [1.165, 1.54) is 32.1 Å². The molecule has 18 heavy (non-hydrogen) atoms. The quantitative estimate of drug-likeness (QED) is 0.744. The van der Waals surface area contributed by atoms with Gasteiger partial charge >= 0.3 is 5.97 Å². The Bertz CT molecular complexity index is 269. The molecule has 0 spiro atoms. The molecule has 0 aromatic heterocycles. The van der Waals surface area contributed by atoms with Crippen LogP contribution in [0.5, 0.6) is 0 Å². The molecular formula is C16H28O2. The number of hydrogen-bond donors (Lipinski definition) is 1. The van der Waals surface area contributed by atoms with Crippen LogP contribution in [-0.4, -0.2) is 11.1 Å². The largest absolute Gasteiger partial charge is 0.481 e. The summed E-state index contributed by atoms with van der Waals surface area (Å²) in [6.07, 6.45) is 12.7. The SMILES string of the molecule is CCC1CCC(C2(C(=O)O)CCCCCC2)CC1. The molecule has 0 aromatic carbocycles. The van der Waals surface area contributed by atoms with Gasteiger partial charge in [-0.1, -0.05) is 51.9 Å². The molecule has 2 aliphatic carbocycles. The highest BCUT2D eigenvalue weighted by molar-refractivity contribution is 5.75. The van der Waals surface area contributed by atoms with E-state index in [9.17, 15) is 9.90 Å². The first-order chi connectivity index (χ1) is 8.69. The van der Waals surface area contributed by atoms with Crippen LogP contribution in [0, 0.1) is 17.3 Å². The van der Waals surface area contributed by atoms with Crippen LogP contribution in [-0.2, 0) is 4.79 Å². The lowest BCUT2D eigenvalue weighted by Gasteiger charge is -2.40. The van der Waals surface area contributed by atoms with E-state index in [2.05, 4.69) is 6.92 Å². The van der Waals surface area contributed by atoms with Gasteiger partial charge in [-0.05, 0) is 37.5 Å². The number of carboxylic acid groups (broad SMARTS) is 1. The molecule has 2 fully saturated rings. The van der Waals surface area contributed by atoms with Gasteiger partial charge in [-0.3, -0.25) is 4.79 Å². The van der Waals surface area contributed by atoms with Gasteiger partial charge in [-0.15, -0.1) is 0 Å². The Kier molecular flexibility index (Phi) is 4.69. The topological polar surface area (TPSA) is 37.3 Å². The molecule has 0 aliphatic heterocycles. The van der Waals surface area contributed by atoms with Crippen molar-refractivity contribution in [3.8, 4) is 0 Å². The maximum Gasteiger partial charge on any atom is 0.309 e. The monoisotopic (exact) mass is 252 g/mol. The maximum atomic E-state index is 11.9. The molecule has 0 radical (unpaired) electrons. The van der Waals surface area contributed by atoms with Gasteiger partial charge in [0.05, 0.1) is 5.41 Å². The summed E-state index contributed by atoms with van der Waals surface area (Å²) in [5.41, 5.74) is -0.366. The molecule has 0 bridgehead atoms. The third kappa shape index (κ3) is 2.73. The first kappa shape index (κ1) is 13.9. The molecule has 2 rings (SSSR count). The first-order valence-corrected chi connectivity index (χ1v) is 7.92. The van der Waals surface area contributed by atoms with Crippen molar-refractivity contribution in [1.82, 2.24) is 0 Å². The van der Waals surface area contributed by atoms with E-state index in [1.807, 2.05) is 0 Å². The Hall–Kier alpha value is -0.530. The lowest BCUT2D eigenvalue weighted by atomic mass is 9.63. The molecule has 0 unspecified atom stereocenters. The molecule has 0 aromatic rings. The van der Waals surface area contributed by atoms with Gasteiger partial charge in [0.2, 0.25) is 0 Å². The fourth-order valence-corrected chi connectivity index (χ4v) is 4.28. The molecule has 0 amide bonds. The molecule has 0 heterocycles. The van der Waals surface area contributed by atoms with E-state index in [-0.39, 0.29) is 5.41 Å².